The third-order valence-corrected chi connectivity index (χ3v) is 4.95. The number of hydrogen-bond acceptors (Lipinski definition) is 4. The molecule has 0 aliphatic heterocycles. The van der Waals surface area contributed by atoms with Crippen LogP contribution in [-0.4, -0.2) is 39.3 Å². The molecule has 1 aromatic rings. The molecule has 0 heterocycles. The van der Waals surface area contributed by atoms with E-state index in [0.29, 0.717) is 13.2 Å². The zero-order valence-corrected chi connectivity index (χ0v) is 15.0. The van der Waals surface area contributed by atoms with Crippen molar-refractivity contribution in [2.24, 2.45) is 0 Å². The lowest BCUT2D eigenvalue weighted by molar-refractivity contribution is -0.120. The average molecular weight is 341 g/mol. The first-order chi connectivity index (χ1) is 10.8. The van der Waals surface area contributed by atoms with Crippen molar-refractivity contribution in [2.75, 3.05) is 18.9 Å². The molecule has 0 spiro atoms. The number of carbonyl (C=O) groups excluding carboxylic acids is 1. The number of carbonyl (C=O) groups is 1. The van der Waals surface area contributed by atoms with Gasteiger partial charge in [-0.2, -0.15) is 0 Å². The van der Waals surface area contributed by atoms with Gasteiger partial charge in [0, 0.05) is 19.6 Å². The van der Waals surface area contributed by atoms with E-state index in [2.05, 4.69) is 5.32 Å². The van der Waals surface area contributed by atoms with Gasteiger partial charge in [-0.3, -0.25) is 4.79 Å². The van der Waals surface area contributed by atoms with Crippen LogP contribution in [-0.2, 0) is 25.1 Å². The lowest BCUT2D eigenvalue weighted by atomic mass is 10.1. The molecule has 0 aliphatic rings. The Balaban J connectivity index is 2.30. The summed E-state index contributed by atoms with van der Waals surface area (Å²) in [5.41, 5.74) is 1.74. The van der Waals surface area contributed by atoms with E-state index in [1.165, 1.54) is 0 Å². The molecule has 0 saturated heterocycles. The molecule has 6 heteroatoms. The second kappa shape index (κ2) is 9.67. The summed E-state index contributed by atoms with van der Waals surface area (Å²) in [5, 5.41) is 2.72. The summed E-state index contributed by atoms with van der Waals surface area (Å²) in [6, 6.07) is 7.39. The Kier molecular flexibility index (Phi) is 8.26. The third kappa shape index (κ3) is 8.71. The van der Waals surface area contributed by atoms with Gasteiger partial charge in [0.25, 0.3) is 0 Å². The zero-order chi connectivity index (χ0) is 17.3. The molecule has 1 N–H and O–H groups in total. The van der Waals surface area contributed by atoms with E-state index in [-0.39, 0.29) is 29.9 Å². The van der Waals surface area contributed by atoms with Crippen LogP contribution in [0.25, 0.3) is 0 Å². The largest absolute Gasteiger partial charge is 0.379 e. The second-order valence-corrected chi connectivity index (χ2v) is 8.08. The van der Waals surface area contributed by atoms with E-state index in [1.807, 2.05) is 45.0 Å². The fourth-order valence-electron chi connectivity index (χ4n) is 2.04. The Morgan fingerprint density at radius 2 is 1.96 bits per heavy atom. The molecule has 0 aromatic heterocycles. The summed E-state index contributed by atoms with van der Waals surface area (Å²) in [5.74, 6) is -0.381. The lowest BCUT2D eigenvalue weighted by Crippen LogP contribution is -2.27. The molecule has 23 heavy (non-hydrogen) atoms. The Hall–Kier alpha value is -1.40. The number of amides is 1. The fourth-order valence-corrected chi connectivity index (χ4v) is 3.48. The van der Waals surface area contributed by atoms with Crippen molar-refractivity contribution in [1.29, 1.82) is 0 Å². The van der Waals surface area contributed by atoms with Crippen LogP contribution in [0.5, 0.6) is 0 Å². The number of rotatable bonds is 10. The molecule has 0 bridgehead atoms. The molecule has 0 aliphatic carbocycles. The molecule has 1 rings (SSSR count). The van der Waals surface area contributed by atoms with Gasteiger partial charge in [-0.05, 0) is 38.3 Å². The summed E-state index contributed by atoms with van der Waals surface area (Å²) >= 11 is 0. The van der Waals surface area contributed by atoms with Crippen LogP contribution in [0.2, 0.25) is 0 Å². The van der Waals surface area contributed by atoms with Crippen LogP contribution in [0.4, 0.5) is 0 Å². The van der Waals surface area contributed by atoms with E-state index in [9.17, 15) is 13.2 Å². The minimum absolute atomic E-state index is 0.000742. The highest BCUT2D eigenvalue weighted by molar-refractivity contribution is 7.90. The maximum atomic E-state index is 12.1. The Bertz CT molecular complexity index is 596. The van der Waals surface area contributed by atoms with Crippen molar-refractivity contribution in [2.45, 2.75) is 45.5 Å². The van der Waals surface area contributed by atoms with Gasteiger partial charge in [0.05, 0.1) is 17.6 Å². The van der Waals surface area contributed by atoms with Crippen molar-refractivity contribution in [3.8, 4) is 0 Å². The lowest BCUT2D eigenvalue weighted by Gasteiger charge is -2.09. The normalized spacial score (nSPS) is 11.7. The minimum Gasteiger partial charge on any atom is -0.379 e. The number of benzene rings is 1. The smallest absolute Gasteiger partial charge is 0.221 e. The third-order valence-electron chi connectivity index (χ3n) is 3.37. The molecule has 5 nitrogen and oxygen atoms in total. The first-order valence-corrected chi connectivity index (χ1v) is 9.75. The molecule has 130 valence electrons. The summed E-state index contributed by atoms with van der Waals surface area (Å²) in [4.78, 5) is 11.7. The van der Waals surface area contributed by atoms with E-state index in [4.69, 9.17) is 4.74 Å². The molecule has 1 amide bonds. The molecule has 1 aromatic carbocycles. The first kappa shape index (κ1) is 19.6. The van der Waals surface area contributed by atoms with Crippen LogP contribution >= 0.6 is 0 Å². The minimum atomic E-state index is -3.28. The van der Waals surface area contributed by atoms with Crippen LogP contribution in [0.15, 0.2) is 24.3 Å². The van der Waals surface area contributed by atoms with Crippen molar-refractivity contribution < 1.29 is 17.9 Å². The highest BCUT2D eigenvalue weighted by Gasteiger charge is 2.15. The topological polar surface area (TPSA) is 72.5 Å². The van der Waals surface area contributed by atoms with Gasteiger partial charge in [0.1, 0.15) is 0 Å². The van der Waals surface area contributed by atoms with Gasteiger partial charge >= 0.3 is 0 Å². The highest BCUT2D eigenvalue weighted by atomic mass is 32.2. The fraction of sp³-hybridized carbons (Fsp3) is 0.588. The summed E-state index contributed by atoms with van der Waals surface area (Å²) in [6.07, 6.45) is 0.899. The van der Waals surface area contributed by atoms with E-state index >= 15 is 0 Å². The maximum absolute atomic E-state index is 12.1. The van der Waals surface area contributed by atoms with Crippen LogP contribution < -0.4 is 5.32 Å². The number of sulfone groups is 1. The summed E-state index contributed by atoms with van der Waals surface area (Å²) in [7, 11) is -3.28. The molecule has 0 atom stereocenters. The van der Waals surface area contributed by atoms with Gasteiger partial charge in [-0.1, -0.05) is 24.3 Å². The van der Waals surface area contributed by atoms with Crippen LogP contribution in [0.1, 0.15) is 37.8 Å². The number of nitrogens with one attached hydrogen (secondary N) is 1. The Morgan fingerprint density at radius 1 is 1.26 bits per heavy atom. The zero-order valence-electron chi connectivity index (χ0n) is 14.2. The number of hydrogen-bond donors (Lipinski definition) is 1. The predicted octanol–water partition coefficient (Wildman–Crippen LogP) is 2.23. The standard InChI is InChI=1S/C17H27NO4S/c1-14(2)22-11-6-10-18-17(19)9-12-23(20,21)13-16-8-5-4-7-15(16)3/h4-5,7-8,14H,6,9-13H2,1-3H3,(H,18,19). The van der Waals surface area contributed by atoms with Crippen molar-refractivity contribution in [3.63, 3.8) is 0 Å². The van der Waals surface area contributed by atoms with Gasteiger partial charge in [0.2, 0.25) is 5.91 Å². The van der Waals surface area contributed by atoms with Crippen molar-refractivity contribution >= 4 is 15.7 Å². The van der Waals surface area contributed by atoms with Crippen LogP contribution in [0, 0.1) is 6.92 Å². The van der Waals surface area contributed by atoms with Gasteiger partial charge in [-0.25, -0.2) is 8.42 Å². The van der Waals surface area contributed by atoms with Gasteiger partial charge in [0.15, 0.2) is 9.84 Å². The van der Waals surface area contributed by atoms with Gasteiger partial charge in [-0.15, -0.1) is 0 Å². The number of aryl methyl sites for hydroxylation is 1. The predicted molar refractivity (Wildman–Crippen MR) is 92.0 cm³/mol. The molecule has 0 fully saturated rings. The summed E-state index contributed by atoms with van der Waals surface area (Å²) < 4.78 is 29.6. The number of ether oxygens (including phenoxy) is 1. The SMILES string of the molecule is Cc1ccccc1CS(=O)(=O)CCC(=O)NCCCOC(C)C. The Labute approximate surface area is 139 Å². The molecule has 0 saturated carbocycles. The monoisotopic (exact) mass is 341 g/mol. The van der Waals surface area contributed by atoms with Crippen LogP contribution in [0.3, 0.4) is 0 Å². The van der Waals surface area contributed by atoms with Crippen molar-refractivity contribution in [3.05, 3.63) is 35.4 Å². The van der Waals surface area contributed by atoms with E-state index < -0.39 is 9.84 Å². The van der Waals surface area contributed by atoms with E-state index in [0.717, 1.165) is 17.5 Å². The summed E-state index contributed by atoms with van der Waals surface area (Å²) in [6.45, 7) is 6.89. The molecular formula is C17H27NO4S. The maximum Gasteiger partial charge on any atom is 0.221 e. The molecular weight excluding hydrogens is 314 g/mol. The second-order valence-electron chi connectivity index (χ2n) is 5.89. The van der Waals surface area contributed by atoms with E-state index in [1.54, 1.807) is 0 Å². The molecule has 0 radical (unpaired) electrons. The first-order valence-electron chi connectivity index (χ1n) is 7.93. The Morgan fingerprint density at radius 3 is 2.61 bits per heavy atom. The molecule has 0 unspecified atom stereocenters. The highest BCUT2D eigenvalue weighted by Crippen LogP contribution is 2.12. The van der Waals surface area contributed by atoms with Crippen molar-refractivity contribution in [1.82, 2.24) is 5.32 Å². The van der Waals surface area contributed by atoms with Gasteiger partial charge < -0.3 is 10.1 Å². The average Bonchev–Trinajstić information content (AvgIpc) is 2.47. The quantitative estimate of drug-likeness (QED) is 0.663.